The van der Waals surface area contributed by atoms with Crippen LogP contribution >= 0.6 is 0 Å². The minimum atomic E-state index is -1.82. The predicted molar refractivity (Wildman–Crippen MR) is 98.1 cm³/mol. The van der Waals surface area contributed by atoms with E-state index in [0.717, 1.165) is 18.9 Å². The van der Waals surface area contributed by atoms with E-state index in [1.165, 1.54) is 32.0 Å². The highest BCUT2D eigenvalue weighted by atomic mass is 16.6. The third kappa shape index (κ3) is 8.50. The second-order valence-corrected chi connectivity index (χ2v) is 6.57. The van der Waals surface area contributed by atoms with Crippen LogP contribution in [-0.2, 0) is 9.59 Å². The Hall–Kier alpha value is -2.68. The molecule has 1 unspecified atom stereocenters. The monoisotopic (exact) mass is 382 g/mol. The molecule has 27 heavy (non-hydrogen) atoms. The summed E-state index contributed by atoms with van der Waals surface area (Å²) in [6.45, 7) is 8.15. The minimum Gasteiger partial charge on any atom is -0.494 e. The fourth-order valence-electron chi connectivity index (χ4n) is 2.89. The highest BCUT2D eigenvalue weighted by Crippen LogP contribution is 2.23. The summed E-state index contributed by atoms with van der Waals surface area (Å²) in [7, 11) is 0. The van der Waals surface area contributed by atoms with Gasteiger partial charge in [-0.05, 0) is 50.8 Å². The Bertz CT molecular complexity index is 651. The van der Waals surface area contributed by atoms with E-state index in [1.54, 1.807) is 19.1 Å². The van der Waals surface area contributed by atoms with E-state index in [1.807, 2.05) is 0 Å². The van der Waals surface area contributed by atoms with Gasteiger partial charge < -0.3 is 19.8 Å². The Kier molecular flexibility index (Phi) is 9.21. The number of ether oxygens (including phenoxy) is 1. The van der Waals surface area contributed by atoms with E-state index in [9.17, 15) is 10.1 Å². The molecule has 0 aromatic heterocycles. The molecule has 2 N–H and O–H groups in total. The van der Waals surface area contributed by atoms with Gasteiger partial charge in [0, 0.05) is 24.7 Å². The second kappa shape index (κ2) is 11.1. The molecule has 1 aromatic rings. The Morgan fingerprint density at radius 3 is 2.52 bits per heavy atom. The van der Waals surface area contributed by atoms with Crippen LogP contribution < -0.4 is 4.74 Å². The van der Waals surface area contributed by atoms with Gasteiger partial charge in [0.25, 0.3) is 5.69 Å². The van der Waals surface area contributed by atoms with E-state index in [-0.39, 0.29) is 10.6 Å². The summed E-state index contributed by atoms with van der Waals surface area (Å²) in [5.74, 6) is -2.13. The molecule has 0 radical (unpaired) electrons. The lowest BCUT2D eigenvalue weighted by Crippen LogP contribution is -2.35. The summed E-state index contributed by atoms with van der Waals surface area (Å²) < 4.78 is 5.69. The van der Waals surface area contributed by atoms with Gasteiger partial charge in [-0.3, -0.25) is 10.1 Å². The summed E-state index contributed by atoms with van der Waals surface area (Å²) in [5.41, 5.74) is 0.784. The van der Waals surface area contributed by atoms with Crippen LogP contribution in [0.25, 0.3) is 0 Å². The van der Waals surface area contributed by atoms with Crippen molar-refractivity contribution in [2.24, 2.45) is 5.92 Å². The summed E-state index contributed by atoms with van der Waals surface area (Å²) in [6, 6.07) is 4.92. The van der Waals surface area contributed by atoms with E-state index in [0.29, 0.717) is 17.9 Å². The number of carboxylic acids is 2. The van der Waals surface area contributed by atoms with Gasteiger partial charge in [-0.15, -0.1) is 0 Å². The van der Waals surface area contributed by atoms with Crippen molar-refractivity contribution >= 4 is 17.6 Å². The van der Waals surface area contributed by atoms with Crippen molar-refractivity contribution in [2.45, 2.75) is 33.1 Å². The van der Waals surface area contributed by atoms with Crippen LogP contribution in [-0.4, -0.2) is 58.2 Å². The van der Waals surface area contributed by atoms with Gasteiger partial charge >= 0.3 is 11.9 Å². The SMILES string of the molecule is Cc1cc(OCCCN2CCCC(C)C2)ccc1[N+](=O)[O-].O=C(O)C(=O)O. The first-order valence-corrected chi connectivity index (χ1v) is 8.77. The number of hydrogen-bond acceptors (Lipinski definition) is 6. The Morgan fingerprint density at radius 2 is 2.00 bits per heavy atom. The van der Waals surface area contributed by atoms with Crippen LogP contribution in [0.1, 0.15) is 31.7 Å². The number of benzene rings is 1. The fourth-order valence-corrected chi connectivity index (χ4v) is 2.89. The molecule has 1 atom stereocenters. The molecule has 150 valence electrons. The number of rotatable bonds is 6. The molecule has 1 aliphatic heterocycles. The summed E-state index contributed by atoms with van der Waals surface area (Å²) >= 11 is 0. The van der Waals surface area contributed by atoms with E-state index in [2.05, 4.69) is 11.8 Å². The number of aliphatic carboxylic acids is 2. The summed E-state index contributed by atoms with van der Waals surface area (Å²) in [4.78, 5) is 31.1. The zero-order valence-corrected chi connectivity index (χ0v) is 15.6. The first-order chi connectivity index (χ1) is 12.7. The number of carbonyl (C=O) groups is 2. The van der Waals surface area contributed by atoms with Crippen LogP contribution in [0.3, 0.4) is 0 Å². The molecule has 0 aliphatic carbocycles. The van der Waals surface area contributed by atoms with Gasteiger partial charge in [0.2, 0.25) is 0 Å². The van der Waals surface area contributed by atoms with E-state index >= 15 is 0 Å². The zero-order chi connectivity index (χ0) is 20.4. The maximum atomic E-state index is 10.8. The Morgan fingerprint density at radius 1 is 1.33 bits per heavy atom. The lowest BCUT2D eigenvalue weighted by atomic mass is 10.0. The smallest absolute Gasteiger partial charge is 0.414 e. The molecule has 1 aliphatic rings. The van der Waals surface area contributed by atoms with Gasteiger partial charge in [-0.25, -0.2) is 9.59 Å². The van der Waals surface area contributed by atoms with Crippen molar-refractivity contribution in [3.63, 3.8) is 0 Å². The van der Waals surface area contributed by atoms with Crippen LogP contribution in [0.5, 0.6) is 5.75 Å². The molecule has 1 saturated heterocycles. The number of aryl methyl sites for hydroxylation is 1. The van der Waals surface area contributed by atoms with Crippen molar-refractivity contribution in [1.82, 2.24) is 4.90 Å². The standard InChI is InChI=1S/C16H24N2O3.C2H2O4/c1-13-5-3-8-17(12-13)9-4-10-21-15-6-7-16(18(19)20)14(2)11-15;3-1(4)2(5)6/h6-7,11,13H,3-5,8-10,12H2,1-2H3;(H,3,4)(H,5,6). The normalized spacial score (nSPS) is 16.7. The van der Waals surface area contributed by atoms with Crippen LogP contribution in [0.15, 0.2) is 18.2 Å². The maximum Gasteiger partial charge on any atom is 0.414 e. The topological polar surface area (TPSA) is 130 Å². The molecule has 0 spiro atoms. The highest BCUT2D eigenvalue weighted by Gasteiger charge is 2.15. The lowest BCUT2D eigenvalue weighted by Gasteiger charge is -2.30. The molecule has 1 fully saturated rings. The molecule has 0 bridgehead atoms. The number of nitrogens with zero attached hydrogens (tertiary/aromatic N) is 2. The third-order valence-corrected chi connectivity index (χ3v) is 4.18. The molecule has 1 aromatic carbocycles. The zero-order valence-electron chi connectivity index (χ0n) is 15.6. The number of nitro groups is 1. The third-order valence-electron chi connectivity index (χ3n) is 4.18. The quantitative estimate of drug-likeness (QED) is 0.332. The first-order valence-electron chi connectivity index (χ1n) is 8.77. The van der Waals surface area contributed by atoms with Gasteiger partial charge in [0.1, 0.15) is 5.75 Å². The molecule has 2 rings (SSSR count). The van der Waals surface area contributed by atoms with Gasteiger partial charge in [0.15, 0.2) is 0 Å². The second-order valence-electron chi connectivity index (χ2n) is 6.57. The Balaban J connectivity index is 0.000000527. The molecule has 9 nitrogen and oxygen atoms in total. The first kappa shape index (κ1) is 22.4. The molecular formula is C18H26N2O7. The van der Waals surface area contributed by atoms with Crippen LogP contribution in [0.2, 0.25) is 0 Å². The maximum absolute atomic E-state index is 10.8. The van der Waals surface area contributed by atoms with Gasteiger partial charge in [0.05, 0.1) is 11.5 Å². The summed E-state index contributed by atoms with van der Waals surface area (Å²) in [5, 5.41) is 25.5. The largest absolute Gasteiger partial charge is 0.494 e. The summed E-state index contributed by atoms with van der Waals surface area (Å²) in [6.07, 6.45) is 3.63. The van der Waals surface area contributed by atoms with Crippen molar-refractivity contribution in [3.8, 4) is 5.75 Å². The van der Waals surface area contributed by atoms with Crippen molar-refractivity contribution in [2.75, 3.05) is 26.2 Å². The minimum absolute atomic E-state index is 0.143. The number of hydrogen-bond donors (Lipinski definition) is 2. The molecular weight excluding hydrogens is 356 g/mol. The highest BCUT2D eigenvalue weighted by molar-refractivity contribution is 6.27. The van der Waals surface area contributed by atoms with Crippen molar-refractivity contribution in [3.05, 3.63) is 33.9 Å². The van der Waals surface area contributed by atoms with Crippen molar-refractivity contribution in [1.29, 1.82) is 0 Å². The molecule has 0 amide bonds. The van der Waals surface area contributed by atoms with E-state index < -0.39 is 11.9 Å². The molecule has 9 heteroatoms. The number of carboxylic acid groups (broad SMARTS) is 2. The Labute approximate surface area is 157 Å². The van der Waals surface area contributed by atoms with Crippen molar-refractivity contribution < 1.29 is 29.5 Å². The lowest BCUT2D eigenvalue weighted by molar-refractivity contribution is -0.385. The molecule has 0 saturated carbocycles. The van der Waals surface area contributed by atoms with Crippen LogP contribution in [0.4, 0.5) is 5.69 Å². The average molecular weight is 382 g/mol. The predicted octanol–water partition coefficient (Wildman–Crippen LogP) is 2.56. The van der Waals surface area contributed by atoms with Gasteiger partial charge in [-0.1, -0.05) is 6.92 Å². The molecule has 1 heterocycles. The number of likely N-dealkylation sites (tertiary alicyclic amines) is 1. The fraction of sp³-hybridized carbons (Fsp3) is 0.556. The number of piperidine rings is 1. The number of nitro benzene ring substituents is 1. The van der Waals surface area contributed by atoms with Gasteiger partial charge in [-0.2, -0.15) is 0 Å². The van der Waals surface area contributed by atoms with Crippen LogP contribution in [0, 0.1) is 23.0 Å². The van der Waals surface area contributed by atoms with E-state index in [4.69, 9.17) is 24.5 Å². The average Bonchev–Trinajstić information content (AvgIpc) is 2.59.